The monoisotopic (exact) mass is 319 g/mol. The Morgan fingerprint density at radius 2 is 2.09 bits per heavy atom. The molecule has 0 spiro atoms. The molecule has 0 saturated heterocycles. The van der Waals surface area contributed by atoms with Gasteiger partial charge in [0, 0.05) is 12.8 Å². The first-order valence-electron chi connectivity index (χ1n) is 8.62. The van der Waals surface area contributed by atoms with Crippen LogP contribution >= 0.6 is 0 Å². The molecule has 1 fully saturated rings. The summed E-state index contributed by atoms with van der Waals surface area (Å²) < 4.78 is 11.4. The minimum Gasteiger partial charge on any atom is -0.491 e. The average Bonchev–Trinajstić information content (AvgIpc) is 2.56. The molecule has 4 heteroatoms. The summed E-state index contributed by atoms with van der Waals surface area (Å²) in [6.07, 6.45) is 4.92. The van der Waals surface area contributed by atoms with E-state index < -0.39 is 5.60 Å². The minimum absolute atomic E-state index is 0.0397. The number of methoxy groups -OCH3 is 1. The molecular weight excluding hydrogens is 290 g/mol. The molecule has 1 aliphatic carbocycles. The Hall–Kier alpha value is -1.55. The first kappa shape index (κ1) is 17.8. The van der Waals surface area contributed by atoms with E-state index in [1.807, 2.05) is 31.2 Å². The highest BCUT2D eigenvalue weighted by atomic mass is 16.5. The molecule has 0 heterocycles. The summed E-state index contributed by atoms with van der Waals surface area (Å²) in [4.78, 5) is 12.7. The van der Waals surface area contributed by atoms with Crippen LogP contribution in [0.5, 0.6) is 5.75 Å². The number of anilines is 1. The second kappa shape index (κ2) is 7.82. The van der Waals surface area contributed by atoms with Gasteiger partial charge in [0.05, 0.1) is 6.10 Å². The summed E-state index contributed by atoms with van der Waals surface area (Å²) in [6.45, 7) is 6.32. The fourth-order valence-corrected chi connectivity index (χ4v) is 3.16. The summed E-state index contributed by atoms with van der Waals surface area (Å²) in [6, 6.07) is 7.55. The van der Waals surface area contributed by atoms with Crippen molar-refractivity contribution in [3.8, 4) is 5.75 Å². The van der Waals surface area contributed by atoms with Crippen molar-refractivity contribution in [3.05, 3.63) is 24.3 Å². The zero-order chi connectivity index (χ0) is 16.9. The molecule has 1 aromatic rings. The van der Waals surface area contributed by atoms with Crippen LogP contribution in [0.15, 0.2) is 24.3 Å². The molecule has 1 N–H and O–H groups in total. The van der Waals surface area contributed by atoms with E-state index in [0.29, 0.717) is 5.92 Å². The largest absolute Gasteiger partial charge is 0.491 e. The number of hydrogen-bond acceptors (Lipinski definition) is 3. The Morgan fingerprint density at radius 3 is 2.65 bits per heavy atom. The number of hydrogen-bond donors (Lipinski definition) is 1. The predicted octanol–water partition coefficient (Wildman–Crippen LogP) is 4.40. The van der Waals surface area contributed by atoms with E-state index in [-0.39, 0.29) is 12.0 Å². The lowest BCUT2D eigenvalue weighted by molar-refractivity contribution is -0.143. The van der Waals surface area contributed by atoms with Crippen molar-refractivity contribution in [3.63, 3.8) is 0 Å². The summed E-state index contributed by atoms with van der Waals surface area (Å²) in [5.74, 6) is 1.30. The molecule has 4 nitrogen and oxygen atoms in total. The van der Waals surface area contributed by atoms with Crippen LogP contribution in [0.1, 0.15) is 52.9 Å². The summed E-state index contributed by atoms with van der Waals surface area (Å²) in [5, 5.41) is 3.00. The summed E-state index contributed by atoms with van der Waals surface area (Å²) in [7, 11) is 1.64. The third-order valence-electron chi connectivity index (χ3n) is 4.78. The van der Waals surface area contributed by atoms with Crippen molar-refractivity contribution in [1.29, 1.82) is 0 Å². The van der Waals surface area contributed by atoms with Gasteiger partial charge in [0.1, 0.15) is 11.4 Å². The van der Waals surface area contributed by atoms with Gasteiger partial charge in [-0.05, 0) is 62.8 Å². The molecule has 3 atom stereocenters. The van der Waals surface area contributed by atoms with Gasteiger partial charge in [-0.1, -0.05) is 20.3 Å². The maximum atomic E-state index is 12.7. The van der Waals surface area contributed by atoms with E-state index in [4.69, 9.17) is 9.47 Å². The molecular formula is C19H29NO3. The van der Waals surface area contributed by atoms with Gasteiger partial charge in [-0.25, -0.2) is 0 Å². The topological polar surface area (TPSA) is 47.6 Å². The molecule has 1 saturated carbocycles. The van der Waals surface area contributed by atoms with Gasteiger partial charge >= 0.3 is 0 Å². The van der Waals surface area contributed by atoms with Gasteiger partial charge in [0.25, 0.3) is 5.91 Å². The number of benzene rings is 1. The van der Waals surface area contributed by atoms with Crippen LogP contribution in [-0.4, -0.2) is 24.7 Å². The van der Waals surface area contributed by atoms with Gasteiger partial charge < -0.3 is 14.8 Å². The minimum atomic E-state index is -0.691. The number of carbonyl (C=O) groups is 1. The second-order valence-electron chi connectivity index (χ2n) is 6.72. The third kappa shape index (κ3) is 4.47. The predicted molar refractivity (Wildman–Crippen MR) is 92.8 cm³/mol. The highest BCUT2D eigenvalue weighted by molar-refractivity contribution is 5.97. The fourth-order valence-electron chi connectivity index (χ4n) is 3.16. The smallest absolute Gasteiger partial charge is 0.256 e. The van der Waals surface area contributed by atoms with Crippen molar-refractivity contribution in [2.45, 2.75) is 64.6 Å². The Balaban J connectivity index is 2.01. The molecule has 1 amide bonds. The molecule has 2 rings (SSSR count). The Labute approximate surface area is 139 Å². The molecule has 1 aromatic carbocycles. The third-order valence-corrected chi connectivity index (χ3v) is 4.78. The Bertz CT molecular complexity index is 514. The van der Waals surface area contributed by atoms with Gasteiger partial charge in [-0.15, -0.1) is 0 Å². The number of carbonyl (C=O) groups excluding carboxylic acids is 1. The first-order chi connectivity index (χ1) is 11.0. The zero-order valence-electron chi connectivity index (χ0n) is 14.7. The molecule has 0 radical (unpaired) electrons. The zero-order valence-corrected chi connectivity index (χ0v) is 14.7. The van der Waals surface area contributed by atoms with Crippen LogP contribution in [0, 0.1) is 5.92 Å². The first-order valence-corrected chi connectivity index (χ1v) is 8.62. The molecule has 128 valence electrons. The van der Waals surface area contributed by atoms with Crippen LogP contribution in [0.2, 0.25) is 0 Å². The van der Waals surface area contributed by atoms with Crippen LogP contribution in [0.4, 0.5) is 5.69 Å². The van der Waals surface area contributed by atoms with E-state index in [0.717, 1.165) is 37.1 Å². The van der Waals surface area contributed by atoms with Crippen LogP contribution < -0.4 is 10.1 Å². The lowest BCUT2D eigenvalue weighted by atomic mass is 9.78. The molecule has 23 heavy (non-hydrogen) atoms. The van der Waals surface area contributed by atoms with Crippen molar-refractivity contribution in [1.82, 2.24) is 0 Å². The van der Waals surface area contributed by atoms with Crippen molar-refractivity contribution in [2.24, 2.45) is 5.92 Å². The maximum absolute atomic E-state index is 12.7. The van der Waals surface area contributed by atoms with Crippen molar-refractivity contribution < 1.29 is 14.3 Å². The molecule has 0 aromatic heterocycles. The number of amides is 1. The Morgan fingerprint density at radius 1 is 1.39 bits per heavy atom. The fraction of sp³-hybridized carbons (Fsp3) is 0.632. The van der Waals surface area contributed by atoms with Gasteiger partial charge in [-0.3, -0.25) is 4.79 Å². The SMILES string of the molecule is CC[C@H](C)Oc1ccc(NC(=O)[C@@]2(OC)CCC[C@H](C)C2)cc1. The highest BCUT2D eigenvalue weighted by Gasteiger charge is 2.41. The van der Waals surface area contributed by atoms with E-state index in [9.17, 15) is 4.79 Å². The normalized spacial score (nSPS) is 25.7. The van der Waals surface area contributed by atoms with Gasteiger partial charge in [0.15, 0.2) is 0 Å². The standard InChI is InChI=1S/C19H29NO3/c1-5-15(3)23-17-10-8-16(9-11-17)20-18(21)19(22-4)12-6-7-14(2)13-19/h8-11,14-15H,5-7,12-13H2,1-4H3,(H,20,21)/t14-,15-,19+/m0/s1. The maximum Gasteiger partial charge on any atom is 0.256 e. The molecule has 0 unspecified atom stereocenters. The van der Waals surface area contributed by atoms with E-state index in [1.165, 1.54) is 6.42 Å². The second-order valence-corrected chi connectivity index (χ2v) is 6.72. The Kier molecular flexibility index (Phi) is 6.05. The lowest BCUT2D eigenvalue weighted by Gasteiger charge is -2.37. The molecule has 0 bridgehead atoms. The van der Waals surface area contributed by atoms with Crippen LogP contribution in [0.3, 0.4) is 0 Å². The van der Waals surface area contributed by atoms with E-state index in [1.54, 1.807) is 7.11 Å². The lowest BCUT2D eigenvalue weighted by Crippen LogP contribution is -2.47. The summed E-state index contributed by atoms with van der Waals surface area (Å²) >= 11 is 0. The highest BCUT2D eigenvalue weighted by Crippen LogP contribution is 2.35. The quantitative estimate of drug-likeness (QED) is 0.845. The summed E-state index contributed by atoms with van der Waals surface area (Å²) in [5.41, 5.74) is 0.0879. The van der Waals surface area contributed by atoms with Crippen LogP contribution in [-0.2, 0) is 9.53 Å². The number of nitrogens with one attached hydrogen (secondary N) is 1. The number of rotatable bonds is 6. The van der Waals surface area contributed by atoms with E-state index in [2.05, 4.69) is 19.2 Å². The average molecular weight is 319 g/mol. The van der Waals surface area contributed by atoms with Crippen molar-refractivity contribution in [2.75, 3.05) is 12.4 Å². The molecule has 1 aliphatic rings. The van der Waals surface area contributed by atoms with Crippen molar-refractivity contribution >= 4 is 11.6 Å². The van der Waals surface area contributed by atoms with Gasteiger partial charge in [0.2, 0.25) is 0 Å². The number of ether oxygens (including phenoxy) is 2. The van der Waals surface area contributed by atoms with Crippen LogP contribution in [0.25, 0.3) is 0 Å². The van der Waals surface area contributed by atoms with E-state index >= 15 is 0 Å². The molecule has 0 aliphatic heterocycles. The van der Waals surface area contributed by atoms with Gasteiger partial charge in [-0.2, -0.15) is 0 Å².